The fourth-order valence-electron chi connectivity index (χ4n) is 6.22. The van der Waals surface area contributed by atoms with Crippen LogP contribution >= 0.6 is 0 Å². The van der Waals surface area contributed by atoms with Crippen LogP contribution < -0.4 is 0 Å². The zero-order valence-corrected chi connectivity index (χ0v) is 18.1. The van der Waals surface area contributed by atoms with Crippen LogP contribution in [0.3, 0.4) is 0 Å². The largest absolute Gasteiger partial charge is 0.450 e. The van der Waals surface area contributed by atoms with Crippen molar-refractivity contribution in [1.29, 1.82) is 0 Å². The Balaban J connectivity index is 1.22. The van der Waals surface area contributed by atoms with Crippen LogP contribution in [0.1, 0.15) is 58.8 Å². The molecule has 1 aliphatic carbocycles. The minimum atomic E-state index is -0.142. The summed E-state index contributed by atoms with van der Waals surface area (Å²) in [7, 11) is 0. The van der Waals surface area contributed by atoms with Crippen LogP contribution in [0.15, 0.2) is 0 Å². The molecule has 0 N–H and O–H groups in total. The van der Waals surface area contributed by atoms with E-state index in [0.717, 1.165) is 52.0 Å². The van der Waals surface area contributed by atoms with Crippen molar-refractivity contribution >= 4 is 12.2 Å². The van der Waals surface area contributed by atoms with Gasteiger partial charge < -0.3 is 24.2 Å². The lowest BCUT2D eigenvalue weighted by Gasteiger charge is -2.52. The first kappa shape index (κ1) is 20.8. The summed E-state index contributed by atoms with van der Waals surface area (Å²) in [5.74, 6) is 0.609. The van der Waals surface area contributed by atoms with Crippen LogP contribution in [0.5, 0.6) is 0 Å². The summed E-state index contributed by atoms with van der Waals surface area (Å²) in [6.45, 7) is 9.50. The van der Waals surface area contributed by atoms with Gasteiger partial charge in [0.05, 0.1) is 13.2 Å². The summed E-state index contributed by atoms with van der Waals surface area (Å²) in [6, 6.07) is 1.04. The Morgan fingerprint density at radius 3 is 2.31 bits per heavy atom. The third-order valence-electron chi connectivity index (χ3n) is 7.74. The molecule has 1 spiro atoms. The first-order chi connectivity index (χ1) is 14.0. The Morgan fingerprint density at radius 2 is 1.62 bits per heavy atom. The number of amides is 2. The average molecular weight is 408 g/mol. The monoisotopic (exact) mass is 407 g/mol. The fourth-order valence-corrected chi connectivity index (χ4v) is 6.22. The molecule has 4 rings (SSSR count). The third kappa shape index (κ3) is 4.21. The van der Waals surface area contributed by atoms with E-state index in [1.54, 1.807) is 0 Å². The van der Waals surface area contributed by atoms with Gasteiger partial charge in [-0.15, -0.1) is 0 Å². The predicted octanol–water partition coefficient (Wildman–Crippen LogP) is 3.33. The van der Waals surface area contributed by atoms with Crippen LogP contribution in [0.4, 0.5) is 9.59 Å². The predicted molar refractivity (Wildman–Crippen MR) is 110 cm³/mol. The number of carbonyl (C=O) groups is 2. The molecule has 0 aromatic carbocycles. The van der Waals surface area contributed by atoms with Gasteiger partial charge in [-0.3, -0.25) is 0 Å². The third-order valence-corrected chi connectivity index (χ3v) is 7.74. The van der Waals surface area contributed by atoms with E-state index in [2.05, 4.69) is 4.90 Å². The summed E-state index contributed by atoms with van der Waals surface area (Å²) in [4.78, 5) is 30.8. The number of nitrogens with zero attached hydrogens (tertiary/aromatic N) is 3. The van der Waals surface area contributed by atoms with E-state index < -0.39 is 0 Å². The van der Waals surface area contributed by atoms with E-state index in [0.29, 0.717) is 36.6 Å². The minimum absolute atomic E-state index is 0.120. The van der Waals surface area contributed by atoms with E-state index in [1.807, 2.05) is 23.6 Å². The zero-order chi connectivity index (χ0) is 20.4. The highest BCUT2D eigenvalue weighted by Crippen LogP contribution is 2.51. The second kappa shape index (κ2) is 8.70. The molecular weight excluding hydrogens is 370 g/mol. The van der Waals surface area contributed by atoms with E-state index in [9.17, 15) is 9.59 Å². The van der Waals surface area contributed by atoms with Gasteiger partial charge in [0.25, 0.3) is 0 Å². The fraction of sp³-hybridized carbons (Fsp3) is 0.909. The normalized spacial score (nSPS) is 33.2. The molecular formula is C22H37N3O4. The molecule has 0 aromatic rings. The summed E-state index contributed by atoms with van der Waals surface area (Å²) in [5, 5.41) is 0. The summed E-state index contributed by atoms with van der Waals surface area (Å²) in [5.41, 5.74) is 0.334. The number of likely N-dealkylation sites (tertiary alicyclic amines) is 3. The molecule has 0 aromatic heterocycles. The van der Waals surface area contributed by atoms with E-state index in [1.165, 1.54) is 25.7 Å². The Bertz CT molecular complexity index is 599. The highest BCUT2D eigenvalue weighted by molar-refractivity contribution is 5.68. The van der Waals surface area contributed by atoms with Crippen LogP contribution in [0.2, 0.25) is 0 Å². The lowest BCUT2D eigenvalue weighted by molar-refractivity contribution is -0.0158. The van der Waals surface area contributed by atoms with Gasteiger partial charge in [-0.1, -0.05) is 0 Å². The average Bonchev–Trinajstić information content (AvgIpc) is 3.35. The smallest absolute Gasteiger partial charge is 0.410 e. The zero-order valence-electron chi connectivity index (χ0n) is 18.1. The van der Waals surface area contributed by atoms with Crippen molar-refractivity contribution in [2.24, 2.45) is 11.3 Å². The van der Waals surface area contributed by atoms with Gasteiger partial charge in [-0.2, -0.15) is 0 Å². The Labute approximate surface area is 174 Å². The molecule has 4 fully saturated rings. The van der Waals surface area contributed by atoms with Crippen LogP contribution in [-0.2, 0) is 9.47 Å². The van der Waals surface area contributed by atoms with Gasteiger partial charge in [-0.25, -0.2) is 9.59 Å². The molecule has 1 atom stereocenters. The molecule has 29 heavy (non-hydrogen) atoms. The topological polar surface area (TPSA) is 62.3 Å². The summed E-state index contributed by atoms with van der Waals surface area (Å²) in [6.07, 6.45) is 7.87. The van der Waals surface area contributed by atoms with Crippen LogP contribution in [0.25, 0.3) is 0 Å². The highest BCUT2D eigenvalue weighted by atomic mass is 16.6. The van der Waals surface area contributed by atoms with Crippen molar-refractivity contribution in [3.63, 3.8) is 0 Å². The van der Waals surface area contributed by atoms with Crippen molar-refractivity contribution in [2.75, 3.05) is 45.9 Å². The van der Waals surface area contributed by atoms with Crippen molar-refractivity contribution in [1.82, 2.24) is 14.7 Å². The van der Waals surface area contributed by atoms with Crippen LogP contribution in [-0.4, -0.2) is 84.9 Å². The van der Waals surface area contributed by atoms with Crippen molar-refractivity contribution in [2.45, 2.75) is 70.9 Å². The second-order valence-corrected chi connectivity index (χ2v) is 9.41. The van der Waals surface area contributed by atoms with Crippen LogP contribution in [0, 0.1) is 11.3 Å². The maximum atomic E-state index is 12.2. The van der Waals surface area contributed by atoms with Crippen molar-refractivity contribution in [3.8, 4) is 0 Å². The van der Waals surface area contributed by atoms with E-state index in [4.69, 9.17) is 9.47 Å². The maximum absolute atomic E-state index is 12.2. The van der Waals surface area contributed by atoms with Crippen molar-refractivity contribution in [3.05, 3.63) is 0 Å². The molecule has 164 valence electrons. The van der Waals surface area contributed by atoms with E-state index in [-0.39, 0.29) is 12.2 Å². The minimum Gasteiger partial charge on any atom is -0.450 e. The highest BCUT2D eigenvalue weighted by Gasteiger charge is 2.51. The quantitative estimate of drug-likeness (QED) is 0.715. The first-order valence-corrected chi connectivity index (χ1v) is 11.6. The lowest BCUT2D eigenvalue weighted by Crippen LogP contribution is -2.55. The number of carbonyl (C=O) groups excluding carboxylic acids is 2. The molecule has 1 saturated carbocycles. The molecule has 7 heteroatoms. The summed E-state index contributed by atoms with van der Waals surface area (Å²) >= 11 is 0. The Hall–Kier alpha value is -1.50. The van der Waals surface area contributed by atoms with Gasteiger partial charge in [0, 0.05) is 31.7 Å². The Kier molecular flexibility index (Phi) is 6.23. The van der Waals surface area contributed by atoms with Gasteiger partial charge >= 0.3 is 12.2 Å². The molecule has 2 amide bonds. The standard InChI is InChI=1S/C22H37N3O4/c1-3-28-20(26)24-13-9-22(16-24)14-18(15-22)23-11-7-17(8-12-23)19-6-5-10-25(19)21(27)29-4-2/h17-19H,3-16H2,1-2H3/t18?,19-,22?/m0/s1. The van der Waals surface area contributed by atoms with Gasteiger partial charge in [-0.05, 0) is 83.2 Å². The number of hydrogen-bond acceptors (Lipinski definition) is 5. The number of rotatable bonds is 4. The molecule has 3 aliphatic heterocycles. The maximum Gasteiger partial charge on any atom is 0.410 e. The van der Waals surface area contributed by atoms with Gasteiger partial charge in [0.2, 0.25) is 0 Å². The molecule has 0 bridgehead atoms. The molecule has 3 heterocycles. The summed E-state index contributed by atoms with van der Waals surface area (Å²) < 4.78 is 10.4. The number of piperidine rings is 1. The molecule has 4 aliphatic rings. The molecule has 0 radical (unpaired) electrons. The van der Waals surface area contributed by atoms with Crippen molar-refractivity contribution < 1.29 is 19.1 Å². The van der Waals surface area contributed by atoms with Gasteiger partial charge in [0.1, 0.15) is 0 Å². The van der Waals surface area contributed by atoms with E-state index >= 15 is 0 Å². The molecule has 7 nitrogen and oxygen atoms in total. The number of ether oxygens (including phenoxy) is 2. The first-order valence-electron chi connectivity index (χ1n) is 11.6. The van der Waals surface area contributed by atoms with Gasteiger partial charge in [0.15, 0.2) is 0 Å². The SMILES string of the molecule is CCOC(=O)N1CCC2(CC(N3CCC([C@@H]4CCCN4C(=O)OCC)CC3)C2)C1. The number of hydrogen-bond donors (Lipinski definition) is 0. The molecule has 3 saturated heterocycles. The lowest BCUT2D eigenvalue weighted by atomic mass is 9.64. The molecule has 0 unspecified atom stereocenters. The Morgan fingerprint density at radius 1 is 0.931 bits per heavy atom. The second-order valence-electron chi connectivity index (χ2n) is 9.41.